The predicted molar refractivity (Wildman–Crippen MR) is 136 cm³/mol. The minimum atomic E-state index is -3.68. The van der Waals surface area contributed by atoms with Crippen LogP contribution in [0.4, 0.5) is 5.69 Å². The van der Waals surface area contributed by atoms with Gasteiger partial charge in [0.2, 0.25) is 5.91 Å². The van der Waals surface area contributed by atoms with E-state index in [0.717, 1.165) is 36.8 Å². The molecule has 1 aliphatic carbocycles. The Balaban J connectivity index is 1.37. The zero-order chi connectivity index (χ0) is 24.2. The van der Waals surface area contributed by atoms with Gasteiger partial charge in [-0.25, -0.2) is 8.42 Å². The summed E-state index contributed by atoms with van der Waals surface area (Å²) < 4.78 is 28.2. The second kappa shape index (κ2) is 10.0. The first-order valence-electron chi connectivity index (χ1n) is 11.8. The van der Waals surface area contributed by atoms with Crippen LogP contribution in [0.5, 0.6) is 0 Å². The van der Waals surface area contributed by atoms with Gasteiger partial charge in [-0.15, -0.1) is 0 Å². The van der Waals surface area contributed by atoms with Gasteiger partial charge >= 0.3 is 0 Å². The number of hydrogen-bond donors (Lipinski definition) is 2. The average molecular weight is 477 g/mol. The molecule has 34 heavy (non-hydrogen) atoms. The number of anilines is 1. The Morgan fingerprint density at radius 1 is 0.882 bits per heavy atom. The summed E-state index contributed by atoms with van der Waals surface area (Å²) in [5.41, 5.74) is 3.22. The van der Waals surface area contributed by atoms with Crippen molar-refractivity contribution < 1.29 is 13.2 Å². The van der Waals surface area contributed by atoms with Gasteiger partial charge in [0.15, 0.2) is 0 Å². The van der Waals surface area contributed by atoms with Gasteiger partial charge in [0.25, 0.3) is 10.0 Å². The van der Waals surface area contributed by atoms with Crippen LogP contribution in [-0.2, 0) is 33.1 Å². The zero-order valence-electron chi connectivity index (χ0n) is 19.8. The summed E-state index contributed by atoms with van der Waals surface area (Å²) in [4.78, 5) is 13.1. The highest BCUT2D eigenvalue weighted by atomic mass is 32.2. The van der Waals surface area contributed by atoms with E-state index in [1.165, 1.54) is 5.56 Å². The fourth-order valence-corrected chi connectivity index (χ4v) is 5.31. The normalized spacial score (nSPS) is 14.6. The Hall–Kier alpha value is -3.12. The molecule has 0 saturated heterocycles. The molecule has 3 aromatic rings. The maximum Gasteiger partial charge on any atom is 0.261 e. The topological polar surface area (TPSA) is 75.3 Å². The molecular formula is C28H32N2O3S. The summed E-state index contributed by atoms with van der Waals surface area (Å²) in [6.45, 7) is 4.87. The molecule has 4 rings (SSSR count). The Labute approximate surface area is 202 Å². The number of carbonyl (C=O) groups is 1. The largest absolute Gasteiger partial charge is 0.355 e. The minimum absolute atomic E-state index is 0.0400. The lowest BCUT2D eigenvalue weighted by Crippen LogP contribution is -2.35. The number of amides is 1. The second-order valence-corrected chi connectivity index (χ2v) is 11.2. The van der Waals surface area contributed by atoms with Gasteiger partial charge in [-0.1, -0.05) is 68.4 Å². The van der Waals surface area contributed by atoms with Crippen LogP contribution in [-0.4, -0.2) is 20.9 Å². The van der Waals surface area contributed by atoms with Crippen molar-refractivity contribution in [2.75, 3.05) is 11.3 Å². The fourth-order valence-electron chi connectivity index (χ4n) is 4.25. The number of sulfonamides is 1. The number of nitrogens with one attached hydrogen (secondary N) is 2. The van der Waals surface area contributed by atoms with E-state index in [2.05, 4.69) is 36.0 Å². The van der Waals surface area contributed by atoms with Crippen molar-refractivity contribution in [2.24, 2.45) is 5.92 Å². The van der Waals surface area contributed by atoms with Crippen LogP contribution in [0.1, 0.15) is 43.4 Å². The smallest absolute Gasteiger partial charge is 0.261 e. The number of carbonyl (C=O) groups excluding carboxylic acids is 1. The van der Waals surface area contributed by atoms with Crippen LogP contribution in [0.2, 0.25) is 0 Å². The molecule has 0 spiro atoms. The van der Waals surface area contributed by atoms with Crippen molar-refractivity contribution in [1.82, 2.24) is 5.32 Å². The summed E-state index contributed by atoms with van der Waals surface area (Å²) >= 11 is 0. The zero-order valence-corrected chi connectivity index (χ0v) is 20.6. The quantitative estimate of drug-likeness (QED) is 0.429. The van der Waals surface area contributed by atoms with Crippen molar-refractivity contribution in [2.45, 2.75) is 49.8 Å². The summed E-state index contributed by atoms with van der Waals surface area (Å²) in [7, 11) is -3.68. The summed E-state index contributed by atoms with van der Waals surface area (Å²) in [5.74, 6) is 0.554. The fraction of sp³-hybridized carbons (Fsp3) is 0.321. The van der Waals surface area contributed by atoms with Crippen LogP contribution >= 0.6 is 0 Å². The standard InChI is InChI=1S/C28H32N2O3S/c1-21(2)20-23-8-14-26(15-9-23)34(32,33)30-25-12-10-24(11-13-25)28(17-18-28)27(31)29-19-16-22-6-4-3-5-7-22/h3-15,21,30H,16-20H2,1-2H3,(H,29,31). The van der Waals surface area contributed by atoms with Crippen molar-refractivity contribution in [3.05, 3.63) is 95.6 Å². The van der Waals surface area contributed by atoms with Crippen LogP contribution in [0.15, 0.2) is 83.8 Å². The molecule has 3 aromatic carbocycles. The molecule has 1 amide bonds. The highest BCUT2D eigenvalue weighted by Crippen LogP contribution is 2.48. The molecule has 178 valence electrons. The SMILES string of the molecule is CC(C)Cc1ccc(S(=O)(=O)Nc2ccc(C3(C(=O)NCCc4ccccc4)CC3)cc2)cc1. The third kappa shape index (κ3) is 5.68. The van der Waals surface area contributed by atoms with Crippen molar-refractivity contribution in [3.8, 4) is 0 Å². The molecule has 0 heterocycles. The molecule has 0 unspecified atom stereocenters. The molecule has 1 saturated carbocycles. The monoisotopic (exact) mass is 476 g/mol. The summed E-state index contributed by atoms with van der Waals surface area (Å²) in [6, 6.07) is 24.3. The van der Waals surface area contributed by atoms with Gasteiger partial charge in [-0.2, -0.15) is 0 Å². The predicted octanol–water partition coefficient (Wildman–Crippen LogP) is 5.08. The molecule has 5 nitrogen and oxygen atoms in total. The van der Waals surface area contributed by atoms with Crippen molar-refractivity contribution in [3.63, 3.8) is 0 Å². The first kappa shape index (κ1) is 24.0. The molecule has 0 atom stereocenters. The highest BCUT2D eigenvalue weighted by molar-refractivity contribution is 7.92. The lowest BCUT2D eigenvalue weighted by Gasteiger charge is -2.17. The molecule has 0 radical (unpaired) electrons. The Morgan fingerprint density at radius 2 is 1.53 bits per heavy atom. The minimum Gasteiger partial charge on any atom is -0.355 e. The van der Waals surface area contributed by atoms with Crippen LogP contribution < -0.4 is 10.0 Å². The lowest BCUT2D eigenvalue weighted by molar-refractivity contribution is -0.123. The first-order valence-corrected chi connectivity index (χ1v) is 13.3. The van der Waals surface area contributed by atoms with Crippen LogP contribution in [0.25, 0.3) is 0 Å². The van der Waals surface area contributed by atoms with Crippen molar-refractivity contribution in [1.29, 1.82) is 0 Å². The maximum absolute atomic E-state index is 12.9. The number of benzene rings is 3. The third-order valence-electron chi connectivity index (χ3n) is 6.29. The molecule has 0 aliphatic heterocycles. The van der Waals surface area contributed by atoms with Gasteiger partial charge in [-0.3, -0.25) is 9.52 Å². The van der Waals surface area contributed by atoms with E-state index in [0.29, 0.717) is 18.2 Å². The van der Waals surface area contributed by atoms with Gasteiger partial charge < -0.3 is 5.32 Å². The molecule has 1 aliphatic rings. The van der Waals surface area contributed by atoms with Gasteiger partial charge in [0.05, 0.1) is 10.3 Å². The Bertz CT molecular complexity index is 1210. The number of hydrogen-bond acceptors (Lipinski definition) is 3. The van der Waals surface area contributed by atoms with E-state index in [9.17, 15) is 13.2 Å². The molecule has 6 heteroatoms. The molecule has 0 bridgehead atoms. The van der Waals surface area contributed by atoms with E-state index in [4.69, 9.17) is 0 Å². The van der Waals surface area contributed by atoms with Crippen molar-refractivity contribution >= 4 is 21.6 Å². The lowest BCUT2D eigenvalue weighted by atomic mass is 9.94. The average Bonchev–Trinajstić information content (AvgIpc) is 3.62. The number of rotatable bonds is 10. The van der Waals surface area contributed by atoms with Crippen LogP contribution in [0, 0.1) is 5.92 Å². The van der Waals surface area contributed by atoms with E-state index in [1.54, 1.807) is 24.3 Å². The second-order valence-electron chi connectivity index (χ2n) is 9.50. The van der Waals surface area contributed by atoms with Crippen LogP contribution in [0.3, 0.4) is 0 Å². The van der Waals surface area contributed by atoms with E-state index in [1.807, 2.05) is 42.5 Å². The third-order valence-corrected chi connectivity index (χ3v) is 7.69. The molecule has 0 aromatic heterocycles. The van der Waals surface area contributed by atoms with Gasteiger partial charge in [-0.05, 0) is 72.6 Å². The summed E-state index contributed by atoms with van der Waals surface area (Å²) in [6.07, 6.45) is 3.31. The Kier molecular flexibility index (Phi) is 7.08. The highest BCUT2D eigenvalue weighted by Gasteiger charge is 2.51. The molecule has 2 N–H and O–H groups in total. The van der Waals surface area contributed by atoms with Gasteiger partial charge in [0, 0.05) is 12.2 Å². The summed E-state index contributed by atoms with van der Waals surface area (Å²) in [5, 5.41) is 3.07. The molecule has 1 fully saturated rings. The first-order chi connectivity index (χ1) is 16.3. The molecular weight excluding hydrogens is 444 g/mol. The maximum atomic E-state index is 12.9. The van der Waals surface area contributed by atoms with Gasteiger partial charge in [0.1, 0.15) is 0 Å². The van der Waals surface area contributed by atoms with E-state index < -0.39 is 15.4 Å². The van der Waals surface area contributed by atoms with E-state index >= 15 is 0 Å². The van der Waals surface area contributed by atoms with E-state index in [-0.39, 0.29) is 10.8 Å². The Morgan fingerprint density at radius 3 is 2.12 bits per heavy atom.